The number of esters is 1. The zero-order chi connectivity index (χ0) is 17.0. The fourth-order valence-electron chi connectivity index (χ4n) is 2.61. The van der Waals surface area contributed by atoms with Crippen LogP contribution in [0, 0.1) is 6.92 Å². The molecule has 1 saturated heterocycles. The van der Waals surface area contributed by atoms with Gasteiger partial charge >= 0.3 is 5.97 Å². The Hall–Kier alpha value is -1.51. The van der Waals surface area contributed by atoms with E-state index in [1.54, 1.807) is 13.8 Å². The molecule has 1 fully saturated rings. The van der Waals surface area contributed by atoms with Crippen LogP contribution >= 0.6 is 11.3 Å². The molecule has 1 aliphatic heterocycles. The van der Waals surface area contributed by atoms with Crippen molar-refractivity contribution in [2.24, 2.45) is 0 Å². The first-order valence-electron chi connectivity index (χ1n) is 7.71. The van der Waals surface area contributed by atoms with E-state index in [1.165, 1.54) is 0 Å². The SMILES string of the molecule is CCOC(=O)c1sc(NC(=O)CN2C[C@@H](C)O[C@H](C)C2)nc1C. The van der Waals surface area contributed by atoms with Gasteiger partial charge in [0.1, 0.15) is 4.88 Å². The minimum absolute atomic E-state index is 0.115. The molecule has 0 radical (unpaired) electrons. The van der Waals surface area contributed by atoms with Crippen molar-refractivity contribution in [1.82, 2.24) is 9.88 Å². The van der Waals surface area contributed by atoms with Crippen LogP contribution in [0.25, 0.3) is 0 Å². The van der Waals surface area contributed by atoms with E-state index in [2.05, 4.69) is 15.2 Å². The molecule has 0 saturated carbocycles. The first-order chi connectivity index (χ1) is 10.9. The van der Waals surface area contributed by atoms with Crippen LogP contribution in [0.5, 0.6) is 0 Å². The van der Waals surface area contributed by atoms with Crippen molar-refractivity contribution in [2.75, 3.05) is 31.6 Å². The summed E-state index contributed by atoms with van der Waals surface area (Å²) in [4.78, 5) is 30.6. The van der Waals surface area contributed by atoms with Gasteiger partial charge in [-0.3, -0.25) is 9.69 Å². The van der Waals surface area contributed by atoms with Gasteiger partial charge in [0.2, 0.25) is 5.91 Å². The molecule has 1 aliphatic rings. The summed E-state index contributed by atoms with van der Waals surface area (Å²) >= 11 is 1.14. The lowest BCUT2D eigenvalue weighted by Crippen LogP contribution is -2.48. The first-order valence-corrected chi connectivity index (χ1v) is 8.52. The molecule has 0 aliphatic carbocycles. The standard InChI is InChI=1S/C15H23N3O4S/c1-5-21-14(20)13-11(4)16-15(23-13)17-12(19)8-18-6-9(2)22-10(3)7-18/h9-10H,5-8H2,1-4H3,(H,16,17,19)/t9-,10-/m1/s1. The summed E-state index contributed by atoms with van der Waals surface area (Å²) in [5.74, 6) is -0.547. The van der Waals surface area contributed by atoms with Crippen molar-refractivity contribution in [2.45, 2.75) is 39.9 Å². The number of nitrogens with one attached hydrogen (secondary N) is 1. The maximum Gasteiger partial charge on any atom is 0.350 e. The Balaban J connectivity index is 1.93. The number of ether oxygens (including phenoxy) is 2. The van der Waals surface area contributed by atoms with Gasteiger partial charge in [-0.2, -0.15) is 0 Å². The first kappa shape index (κ1) is 17.8. The molecule has 2 atom stereocenters. The molecule has 2 rings (SSSR count). The molecular formula is C15H23N3O4S. The summed E-state index contributed by atoms with van der Waals surface area (Å²) in [6, 6.07) is 0. The average molecular weight is 341 g/mol. The van der Waals surface area contributed by atoms with Crippen molar-refractivity contribution in [1.29, 1.82) is 0 Å². The summed E-state index contributed by atoms with van der Waals surface area (Å²) in [6.07, 6.45) is 0.230. The second kappa shape index (κ2) is 7.85. The third-order valence-electron chi connectivity index (χ3n) is 3.37. The van der Waals surface area contributed by atoms with Crippen molar-refractivity contribution in [3.8, 4) is 0 Å². The number of nitrogens with zero attached hydrogens (tertiary/aromatic N) is 2. The van der Waals surface area contributed by atoms with Crippen molar-refractivity contribution >= 4 is 28.3 Å². The van der Waals surface area contributed by atoms with E-state index in [9.17, 15) is 9.59 Å². The number of thiazole rings is 1. The number of morpholine rings is 1. The van der Waals surface area contributed by atoms with Crippen LogP contribution in [0.4, 0.5) is 5.13 Å². The van der Waals surface area contributed by atoms with Crippen LogP contribution in [0.1, 0.15) is 36.1 Å². The molecular weight excluding hydrogens is 318 g/mol. The van der Waals surface area contributed by atoms with Crippen molar-refractivity contribution in [3.63, 3.8) is 0 Å². The second-order valence-electron chi connectivity index (χ2n) is 5.65. The van der Waals surface area contributed by atoms with E-state index in [-0.39, 0.29) is 24.7 Å². The van der Waals surface area contributed by atoms with Gasteiger partial charge in [-0.1, -0.05) is 11.3 Å². The Kier molecular flexibility index (Phi) is 6.09. The highest BCUT2D eigenvalue weighted by atomic mass is 32.1. The van der Waals surface area contributed by atoms with Gasteiger partial charge in [0.15, 0.2) is 5.13 Å². The lowest BCUT2D eigenvalue weighted by Gasteiger charge is -2.34. The van der Waals surface area contributed by atoms with Gasteiger partial charge in [0.25, 0.3) is 0 Å². The van der Waals surface area contributed by atoms with Gasteiger partial charge in [0, 0.05) is 13.1 Å². The summed E-state index contributed by atoms with van der Waals surface area (Å²) < 4.78 is 10.6. The van der Waals surface area contributed by atoms with Crippen molar-refractivity contribution in [3.05, 3.63) is 10.6 Å². The molecule has 0 bridgehead atoms. The van der Waals surface area contributed by atoms with E-state index in [0.29, 0.717) is 22.3 Å². The third-order valence-corrected chi connectivity index (χ3v) is 4.42. The largest absolute Gasteiger partial charge is 0.462 e. The van der Waals surface area contributed by atoms with Crippen molar-refractivity contribution < 1.29 is 19.1 Å². The van der Waals surface area contributed by atoms with Crippen LogP contribution in [-0.4, -0.2) is 60.2 Å². The van der Waals surface area contributed by atoms with Gasteiger partial charge in [-0.25, -0.2) is 9.78 Å². The summed E-state index contributed by atoms with van der Waals surface area (Å²) in [5.41, 5.74) is 0.567. The van der Waals surface area contributed by atoms with E-state index < -0.39 is 5.97 Å². The number of hydrogen-bond donors (Lipinski definition) is 1. The molecule has 1 aromatic rings. The average Bonchev–Trinajstić information content (AvgIpc) is 2.78. The van der Waals surface area contributed by atoms with Gasteiger partial charge in [0.05, 0.1) is 31.1 Å². The smallest absolute Gasteiger partial charge is 0.350 e. The number of anilines is 1. The highest BCUT2D eigenvalue weighted by Gasteiger charge is 2.24. The lowest BCUT2D eigenvalue weighted by atomic mass is 10.2. The van der Waals surface area contributed by atoms with E-state index >= 15 is 0 Å². The number of hydrogen-bond acceptors (Lipinski definition) is 7. The molecule has 0 unspecified atom stereocenters. The van der Waals surface area contributed by atoms with Crippen LogP contribution < -0.4 is 5.32 Å². The molecule has 2 heterocycles. The van der Waals surface area contributed by atoms with Crippen LogP contribution in [0.2, 0.25) is 0 Å². The maximum absolute atomic E-state index is 12.2. The third kappa shape index (κ3) is 4.98. The Bertz CT molecular complexity index is 565. The Labute approximate surface area is 140 Å². The molecule has 128 valence electrons. The minimum Gasteiger partial charge on any atom is -0.462 e. The fourth-order valence-corrected chi connectivity index (χ4v) is 3.49. The number of aromatic nitrogens is 1. The predicted molar refractivity (Wildman–Crippen MR) is 87.9 cm³/mol. The number of amides is 1. The fraction of sp³-hybridized carbons (Fsp3) is 0.667. The number of aryl methyl sites for hydroxylation is 1. The second-order valence-corrected chi connectivity index (χ2v) is 6.65. The Morgan fingerprint density at radius 3 is 2.65 bits per heavy atom. The number of carbonyl (C=O) groups excluding carboxylic acids is 2. The van der Waals surface area contributed by atoms with Gasteiger partial charge in [-0.05, 0) is 27.7 Å². The Morgan fingerprint density at radius 1 is 1.39 bits per heavy atom. The van der Waals surface area contributed by atoms with Crippen LogP contribution in [0.15, 0.2) is 0 Å². The molecule has 1 N–H and O–H groups in total. The highest BCUT2D eigenvalue weighted by Crippen LogP contribution is 2.23. The summed E-state index contributed by atoms with van der Waals surface area (Å²) in [7, 11) is 0. The molecule has 0 aromatic carbocycles. The Morgan fingerprint density at radius 2 is 2.04 bits per heavy atom. The molecule has 1 amide bonds. The molecule has 7 nitrogen and oxygen atoms in total. The zero-order valence-electron chi connectivity index (χ0n) is 13.9. The predicted octanol–water partition coefficient (Wildman–Crippen LogP) is 1.68. The maximum atomic E-state index is 12.2. The number of carbonyl (C=O) groups is 2. The van der Waals surface area contributed by atoms with E-state index in [1.807, 2.05) is 13.8 Å². The molecule has 1 aromatic heterocycles. The minimum atomic E-state index is -0.404. The zero-order valence-corrected chi connectivity index (χ0v) is 14.7. The lowest BCUT2D eigenvalue weighted by molar-refractivity contribution is -0.121. The summed E-state index contributed by atoms with van der Waals surface area (Å²) in [6.45, 7) is 9.51. The van der Waals surface area contributed by atoms with Gasteiger partial charge < -0.3 is 14.8 Å². The van der Waals surface area contributed by atoms with Crippen LogP contribution in [0.3, 0.4) is 0 Å². The summed E-state index contributed by atoms with van der Waals surface area (Å²) in [5, 5.41) is 3.18. The molecule has 23 heavy (non-hydrogen) atoms. The van der Waals surface area contributed by atoms with Crippen LogP contribution in [-0.2, 0) is 14.3 Å². The quantitative estimate of drug-likeness (QED) is 0.821. The normalized spacial score (nSPS) is 21.9. The monoisotopic (exact) mass is 341 g/mol. The number of rotatable bonds is 5. The molecule has 8 heteroatoms. The van der Waals surface area contributed by atoms with Gasteiger partial charge in [-0.15, -0.1) is 0 Å². The van der Waals surface area contributed by atoms with E-state index in [4.69, 9.17) is 9.47 Å². The van der Waals surface area contributed by atoms with E-state index in [0.717, 1.165) is 24.4 Å². The topological polar surface area (TPSA) is 80.8 Å². The molecule has 0 spiro atoms. The highest BCUT2D eigenvalue weighted by molar-refractivity contribution is 7.17.